The molecular weight excluding hydrogens is 246 g/mol. The van der Waals surface area contributed by atoms with E-state index in [1.165, 1.54) is 5.56 Å². The first-order valence-corrected chi connectivity index (χ1v) is 6.71. The Morgan fingerprint density at radius 2 is 1.65 bits per heavy atom. The molecule has 0 atom stereocenters. The molecule has 0 aliphatic heterocycles. The van der Waals surface area contributed by atoms with Crippen molar-refractivity contribution in [2.75, 3.05) is 0 Å². The highest BCUT2D eigenvalue weighted by Gasteiger charge is 2.12. The maximum Gasteiger partial charge on any atom is 0.114 e. The van der Waals surface area contributed by atoms with Gasteiger partial charge in [-0.3, -0.25) is 10.1 Å². The maximum absolute atomic E-state index is 4.62. The van der Waals surface area contributed by atoms with Crippen LogP contribution < -0.4 is 0 Å². The van der Waals surface area contributed by atoms with Crippen LogP contribution in [-0.2, 0) is 0 Å². The van der Waals surface area contributed by atoms with Gasteiger partial charge in [-0.2, -0.15) is 5.10 Å². The predicted octanol–water partition coefficient (Wildman–Crippen LogP) is 4.06. The number of H-pyrrole nitrogens is 1. The van der Waals surface area contributed by atoms with Gasteiger partial charge in [-0.1, -0.05) is 30.3 Å². The second-order valence-corrected chi connectivity index (χ2v) is 5.08. The number of hydrogen-bond donors (Lipinski definition) is 1. The molecule has 0 spiro atoms. The lowest BCUT2D eigenvalue weighted by atomic mass is 10.0. The van der Waals surface area contributed by atoms with E-state index < -0.39 is 0 Å². The predicted molar refractivity (Wildman–Crippen MR) is 81.5 cm³/mol. The highest BCUT2D eigenvalue weighted by atomic mass is 15.1. The van der Waals surface area contributed by atoms with Crippen LogP contribution in [-0.4, -0.2) is 15.2 Å². The third kappa shape index (κ3) is 2.11. The van der Waals surface area contributed by atoms with Gasteiger partial charge in [0.1, 0.15) is 5.69 Å². The molecule has 2 heterocycles. The topological polar surface area (TPSA) is 41.6 Å². The minimum Gasteiger partial charge on any atom is -0.282 e. The average molecular weight is 263 g/mol. The van der Waals surface area contributed by atoms with Crippen molar-refractivity contribution >= 4 is 0 Å². The Morgan fingerprint density at radius 1 is 0.900 bits per heavy atom. The molecule has 0 unspecified atom stereocenters. The van der Waals surface area contributed by atoms with Crippen LogP contribution in [0.5, 0.6) is 0 Å². The van der Waals surface area contributed by atoms with Crippen molar-refractivity contribution in [2.45, 2.75) is 20.8 Å². The SMILES string of the molecule is Cc1cc(-c2ccccc2)cnc1-c1n[nH]c(C)c1C. The van der Waals surface area contributed by atoms with Crippen molar-refractivity contribution in [1.82, 2.24) is 15.2 Å². The van der Waals surface area contributed by atoms with E-state index in [9.17, 15) is 0 Å². The Bertz CT molecular complexity index is 742. The van der Waals surface area contributed by atoms with Crippen LogP contribution in [0.1, 0.15) is 16.8 Å². The van der Waals surface area contributed by atoms with Gasteiger partial charge >= 0.3 is 0 Å². The summed E-state index contributed by atoms with van der Waals surface area (Å²) in [7, 11) is 0. The van der Waals surface area contributed by atoms with E-state index in [-0.39, 0.29) is 0 Å². The first kappa shape index (κ1) is 12.6. The van der Waals surface area contributed by atoms with E-state index in [4.69, 9.17) is 0 Å². The fourth-order valence-corrected chi connectivity index (χ4v) is 2.33. The average Bonchev–Trinajstić information content (AvgIpc) is 2.80. The van der Waals surface area contributed by atoms with Crippen molar-refractivity contribution in [1.29, 1.82) is 0 Å². The van der Waals surface area contributed by atoms with E-state index in [2.05, 4.69) is 47.2 Å². The molecule has 3 rings (SSSR count). The van der Waals surface area contributed by atoms with E-state index in [0.717, 1.165) is 33.8 Å². The molecule has 1 aromatic carbocycles. The van der Waals surface area contributed by atoms with Crippen molar-refractivity contribution < 1.29 is 0 Å². The zero-order valence-corrected chi connectivity index (χ0v) is 11.9. The summed E-state index contributed by atoms with van der Waals surface area (Å²) in [4.78, 5) is 4.62. The van der Waals surface area contributed by atoms with Crippen LogP contribution >= 0.6 is 0 Å². The van der Waals surface area contributed by atoms with Crippen molar-refractivity contribution in [2.24, 2.45) is 0 Å². The smallest absolute Gasteiger partial charge is 0.114 e. The lowest BCUT2D eigenvalue weighted by Crippen LogP contribution is -1.92. The highest BCUT2D eigenvalue weighted by molar-refractivity contribution is 5.69. The lowest BCUT2D eigenvalue weighted by Gasteiger charge is -2.07. The number of hydrogen-bond acceptors (Lipinski definition) is 2. The van der Waals surface area contributed by atoms with Gasteiger partial charge in [-0.15, -0.1) is 0 Å². The van der Waals surface area contributed by atoms with Gasteiger partial charge in [-0.25, -0.2) is 0 Å². The number of aromatic amines is 1. The summed E-state index contributed by atoms with van der Waals surface area (Å²) in [6.45, 7) is 6.18. The van der Waals surface area contributed by atoms with E-state index >= 15 is 0 Å². The summed E-state index contributed by atoms with van der Waals surface area (Å²) in [6, 6.07) is 12.5. The number of aryl methyl sites for hydroxylation is 2. The fourth-order valence-electron chi connectivity index (χ4n) is 2.33. The summed E-state index contributed by atoms with van der Waals surface area (Å²) in [5, 5.41) is 7.38. The molecule has 0 aliphatic rings. The minimum absolute atomic E-state index is 0.944. The Hall–Kier alpha value is -2.42. The molecule has 3 nitrogen and oxygen atoms in total. The third-order valence-electron chi connectivity index (χ3n) is 3.66. The Balaban J connectivity index is 2.07. The molecule has 100 valence electrons. The molecule has 20 heavy (non-hydrogen) atoms. The van der Waals surface area contributed by atoms with Gasteiger partial charge in [0, 0.05) is 17.5 Å². The first-order chi connectivity index (χ1) is 9.66. The van der Waals surface area contributed by atoms with Crippen LogP contribution in [0.3, 0.4) is 0 Å². The maximum atomic E-state index is 4.62. The van der Waals surface area contributed by atoms with E-state index in [1.807, 2.05) is 31.3 Å². The Morgan fingerprint density at radius 3 is 2.25 bits per heavy atom. The quantitative estimate of drug-likeness (QED) is 0.757. The van der Waals surface area contributed by atoms with Crippen molar-refractivity contribution in [3.05, 3.63) is 59.4 Å². The molecule has 0 fully saturated rings. The summed E-state index contributed by atoms with van der Waals surface area (Å²) >= 11 is 0. The van der Waals surface area contributed by atoms with Crippen LogP contribution in [0.4, 0.5) is 0 Å². The molecular formula is C17H17N3. The number of aromatic nitrogens is 3. The fraction of sp³-hybridized carbons (Fsp3) is 0.176. The molecule has 0 aliphatic carbocycles. The summed E-state index contributed by atoms with van der Waals surface area (Å²) in [5.41, 5.74) is 7.61. The van der Waals surface area contributed by atoms with Gasteiger partial charge in [0.15, 0.2) is 0 Å². The second kappa shape index (κ2) is 4.93. The van der Waals surface area contributed by atoms with Crippen molar-refractivity contribution in [3.8, 4) is 22.5 Å². The number of rotatable bonds is 2. The monoisotopic (exact) mass is 263 g/mol. The van der Waals surface area contributed by atoms with Crippen LogP contribution in [0.25, 0.3) is 22.5 Å². The molecule has 0 saturated carbocycles. The van der Waals surface area contributed by atoms with Crippen LogP contribution in [0.15, 0.2) is 42.6 Å². The molecule has 1 N–H and O–H groups in total. The molecule has 3 heteroatoms. The number of nitrogens with one attached hydrogen (secondary N) is 1. The molecule has 0 saturated heterocycles. The normalized spacial score (nSPS) is 10.8. The zero-order valence-electron chi connectivity index (χ0n) is 11.9. The van der Waals surface area contributed by atoms with Crippen molar-refractivity contribution in [3.63, 3.8) is 0 Å². The molecule has 3 aromatic rings. The van der Waals surface area contributed by atoms with Gasteiger partial charge in [0.05, 0.1) is 5.69 Å². The lowest BCUT2D eigenvalue weighted by molar-refractivity contribution is 1.04. The summed E-state index contributed by atoms with van der Waals surface area (Å²) in [6.07, 6.45) is 1.92. The largest absolute Gasteiger partial charge is 0.282 e. The van der Waals surface area contributed by atoms with E-state index in [0.29, 0.717) is 0 Å². The second-order valence-electron chi connectivity index (χ2n) is 5.08. The first-order valence-electron chi connectivity index (χ1n) is 6.71. The molecule has 0 bridgehead atoms. The van der Waals surface area contributed by atoms with Gasteiger partial charge in [0.25, 0.3) is 0 Å². The van der Waals surface area contributed by atoms with E-state index in [1.54, 1.807) is 0 Å². The number of benzene rings is 1. The van der Waals surface area contributed by atoms with Crippen LogP contribution in [0.2, 0.25) is 0 Å². The number of nitrogens with zero attached hydrogens (tertiary/aromatic N) is 2. The van der Waals surface area contributed by atoms with Gasteiger partial charge in [0.2, 0.25) is 0 Å². The molecule has 2 aromatic heterocycles. The summed E-state index contributed by atoms with van der Waals surface area (Å²) < 4.78 is 0. The van der Waals surface area contributed by atoms with Gasteiger partial charge in [-0.05, 0) is 43.5 Å². The third-order valence-corrected chi connectivity index (χ3v) is 3.66. The van der Waals surface area contributed by atoms with Gasteiger partial charge < -0.3 is 0 Å². The molecule has 0 amide bonds. The highest BCUT2D eigenvalue weighted by Crippen LogP contribution is 2.27. The summed E-state index contributed by atoms with van der Waals surface area (Å²) in [5.74, 6) is 0. The molecule has 0 radical (unpaired) electrons. The van der Waals surface area contributed by atoms with Crippen LogP contribution in [0, 0.1) is 20.8 Å². The number of pyridine rings is 1. The Kier molecular flexibility index (Phi) is 3.11. The Labute approximate surface area is 118 Å². The minimum atomic E-state index is 0.944. The standard InChI is InChI=1S/C17H17N3/c1-11-9-15(14-7-5-4-6-8-14)10-18-16(11)17-12(2)13(3)19-20-17/h4-10H,1-3H3,(H,19,20). The zero-order chi connectivity index (χ0) is 14.1.